The third-order valence-electron chi connectivity index (χ3n) is 4.90. The molecule has 0 saturated carbocycles. The zero-order valence-corrected chi connectivity index (χ0v) is 14.7. The van der Waals surface area contributed by atoms with Gasteiger partial charge in [-0.25, -0.2) is 8.42 Å². The van der Waals surface area contributed by atoms with Crippen LogP contribution in [0.3, 0.4) is 0 Å². The minimum absolute atomic E-state index is 0.0409. The third-order valence-corrected chi connectivity index (χ3v) is 6.50. The van der Waals surface area contributed by atoms with E-state index in [1.807, 2.05) is 18.2 Å². The predicted octanol–water partition coefficient (Wildman–Crippen LogP) is 2.08. The summed E-state index contributed by atoms with van der Waals surface area (Å²) in [6, 6.07) is 14.3. The molecule has 2 aliphatic rings. The van der Waals surface area contributed by atoms with E-state index in [0.717, 1.165) is 28.9 Å². The van der Waals surface area contributed by atoms with E-state index in [0.29, 0.717) is 19.5 Å². The van der Waals surface area contributed by atoms with Crippen LogP contribution >= 0.6 is 0 Å². The highest BCUT2D eigenvalue weighted by molar-refractivity contribution is 7.91. The first kappa shape index (κ1) is 16.3. The second-order valence-corrected chi connectivity index (χ2v) is 8.99. The molecule has 130 valence electrons. The third kappa shape index (κ3) is 3.45. The Hall–Kier alpha value is -2.18. The van der Waals surface area contributed by atoms with Gasteiger partial charge in [0, 0.05) is 25.3 Å². The van der Waals surface area contributed by atoms with Crippen molar-refractivity contribution in [3.63, 3.8) is 0 Å². The van der Waals surface area contributed by atoms with Crippen molar-refractivity contribution in [3.8, 4) is 11.1 Å². The SMILES string of the molecule is O=C1Cc2c(cccc2-c2ccc(CN3CCS(=O)(=O)CC3)cc2)N1. The van der Waals surface area contributed by atoms with Gasteiger partial charge >= 0.3 is 0 Å². The molecule has 0 aliphatic carbocycles. The van der Waals surface area contributed by atoms with Crippen LogP contribution in [-0.2, 0) is 27.6 Å². The maximum absolute atomic E-state index is 11.6. The van der Waals surface area contributed by atoms with Crippen LogP contribution < -0.4 is 5.32 Å². The Morgan fingerprint density at radius 3 is 2.44 bits per heavy atom. The summed E-state index contributed by atoms with van der Waals surface area (Å²) < 4.78 is 23.0. The summed E-state index contributed by atoms with van der Waals surface area (Å²) in [7, 11) is -2.84. The van der Waals surface area contributed by atoms with Crippen molar-refractivity contribution in [1.82, 2.24) is 4.90 Å². The van der Waals surface area contributed by atoms with Gasteiger partial charge in [-0.3, -0.25) is 9.69 Å². The first-order valence-corrected chi connectivity index (χ1v) is 10.3. The standard InChI is InChI=1S/C19H20N2O3S/c22-19-12-17-16(2-1-3-18(17)20-19)15-6-4-14(5-7-15)13-21-8-10-25(23,24)11-9-21/h1-7H,8-13H2,(H,20,22). The number of fused-ring (bicyclic) bond motifs is 1. The minimum atomic E-state index is -2.84. The molecule has 0 spiro atoms. The maximum Gasteiger partial charge on any atom is 0.228 e. The van der Waals surface area contributed by atoms with Crippen LogP contribution in [0.15, 0.2) is 42.5 Å². The first-order chi connectivity index (χ1) is 12.0. The van der Waals surface area contributed by atoms with Gasteiger partial charge in [0.05, 0.1) is 17.9 Å². The lowest BCUT2D eigenvalue weighted by Crippen LogP contribution is -2.39. The monoisotopic (exact) mass is 356 g/mol. The number of nitrogens with one attached hydrogen (secondary N) is 1. The lowest BCUT2D eigenvalue weighted by Gasteiger charge is -2.26. The summed E-state index contributed by atoms with van der Waals surface area (Å²) in [6.07, 6.45) is 0.426. The van der Waals surface area contributed by atoms with Crippen molar-refractivity contribution in [2.45, 2.75) is 13.0 Å². The number of carbonyl (C=O) groups excluding carboxylic acids is 1. The zero-order valence-electron chi connectivity index (χ0n) is 13.9. The predicted molar refractivity (Wildman–Crippen MR) is 98.1 cm³/mol. The Balaban J connectivity index is 1.50. The molecule has 0 aromatic heterocycles. The summed E-state index contributed by atoms with van der Waals surface area (Å²) >= 11 is 0. The number of amides is 1. The van der Waals surface area contributed by atoms with Crippen LogP contribution in [0, 0.1) is 0 Å². The van der Waals surface area contributed by atoms with E-state index in [1.165, 1.54) is 5.56 Å². The van der Waals surface area contributed by atoms with Crippen molar-refractivity contribution in [2.24, 2.45) is 0 Å². The molecule has 2 aromatic carbocycles. The second kappa shape index (κ2) is 6.28. The average molecular weight is 356 g/mol. The number of anilines is 1. The van der Waals surface area contributed by atoms with Gasteiger partial charge in [0.1, 0.15) is 0 Å². The summed E-state index contributed by atoms with van der Waals surface area (Å²) in [6.45, 7) is 1.97. The first-order valence-electron chi connectivity index (χ1n) is 8.44. The molecule has 6 heteroatoms. The molecule has 2 aliphatic heterocycles. The second-order valence-electron chi connectivity index (χ2n) is 6.68. The van der Waals surface area contributed by atoms with Crippen molar-refractivity contribution < 1.29 is 13.2 Å². The highest BCUT2D eigenvalue weighted by Crippen LogP contribution is 2.33. The Morgan fingerprint density at radius 1 is 1.00 bits per heavy atom. The minimum Gasteiger partial charge on any atom is -0.326 e. The molecule has 0 unspecified atom stereocenters. The van der Waals surface area contributed by atoms with Crippen LogP contribution in [0.5, 0.6) is 0 Å². The normalized spacial score (nSPS) is 19.4. The van der Waals surface area contributed by atoms with E-state index in [-0.39, 0.29) is 17.4 Å². The molecule has 4 rings (SSSR count). The average Bonchev–Trinajstić information content (AvgIpc) is 2.98. The summed E-state index contributed by atoms with van der Waals surface area (Å²) in [5, 5.41) is 2.89. The van der Waals surface area contributed by atoms with Crippen LogP contribution in [0.2, 0.25) is 0 Å². The zero-order chi connectivity index (χ0) is 17.4. The molecule has 1 saturated heterocycles. The summed E-state index contributed by atoms with van der Waals surface area (Å²) in [5.74, 6) is 0.545. The lowest BCUT2D eigenvalue weighted by molar-refractivity contribution is -0.115. The number of benzene rings is 2. The number of hydrogen-bond donors (Lipinski definition) is 1. The van der Waals surface area contributed by atoms with Gasteiger partial charge in [0.25, 0.3) is 0 Å². The van der Waals surface area contributed by atoms with Gasteiger partial charge in [0.2, 0.25) is 5.91 Å². The molecule has 1 amide bonds. The molecule has 25 heavy (non-hydrogen) atoms. The van der Waals surface area contributed by atoms with Crippen LogP contribution in [0.4, 0.5) is 5.69 Å². The van der Waals surface area contributed by atoms with Crippen molar-refractivity contribution >= 4 is 21.4 Å². The Bertz CT molecular complexity index is 906. The van der Waals surface area contributed by atoms with Gasteiger partial charge in [-0.15, -0.1) is 0 Å². The van der Waals surface area contributed by atoms with Gasteiger partial charge in [-0.1, -0.05) is 36.4 Å². The summed E-state index contributed by atoms with van der Waals surface area (Å²) in [4.78, 5) is 13.8. The van der Waals surface area contributed by atoms with Gasteiger partial charge in [0.15, 0.2) is 9.84 Å². The summed E-state index contributed by atoms with van der Waals surface area (Å²) in [5.41, 5.74) is 5.32. The number of sulfone groups is 1. The molecular weight excluding hydrogens is 336 g/mol. The largest absolute Gasteiger partial charge is 0.326 e. The molecule has 5 nitrogen and oxygen atoms in total. The lowest BCUT2D eigenvalue weighted by atomic mass is 9.97. The molecule has 2 heterocycles. The van der Waals surface area contributed by atoms with E-state index in [9.17, 15) is 13.2 Å². The number of carbonyl (C=O) groups is 1. The van der Waals surface area contributed by atoms with Gasteiger partial charge in [-0.05, 0) is 28.3 Å². The van der Waals surface area contributed by atoms with Gasteiger partial charge < -0.3 is 5.32 Å². The molecular formula is C19H20N2O3S. The van der Waals surface area contributed by atoms with Crippen molar-refractivity contribution in [2.75, 3.05) is 29.9 Å². The number of nitrogens with zero attached hydrogens (tertiary/aromatic N) is 1. The Kier molecular flexibility index (Phi) is 4.09. The van der Waals surface area contributed by atoms with E-state index < -0.39 is 9.84 Å². The smallest absolute Gasteiger partial charge is 0.228 e. The van der Waals surface area contributed by atoms with E-state index in [4.69, 9.17) is 0 Å². The number of rotatable bonds is 3. The highest BCUT2D eigenvalue weighted by Gasteiger charge is 2.22. The molecule has 1 fully saturated rings. The topological polar surface area (TPSA) is 66.5 Å². The Morgan fingerprint density at radius 2 is 1.72 bits per heavy atom. The molecule has 2 aromatic rings. The number of hydrogen-bond acceptors (Lipinski definition) is 4. The molecule has 0 bridgehead atoms. The molecule has 0 radical (unpaired) electrons. The maximum atomic E-state index is 11.6. The Labute approximate surface area is 147 Å². The highest BCUT2D eigenvalue weighted by atomic mass is 32.2. The van der Waals surface area contributed by atoms with Crippen molar-refractivity contribution in [3.05, 3.63) is 53.6 Å². The molecule has 0 atom stereocenters. The molecule has 1 N–H and O–H groups in total. The van der Waals surface area contributed by atoms with E-state index in [1.54, 1.807) is 0 Å². The van der Waals surface area contributed by atoms with Crippen LogP contribution in [-0.4, -0.2) is 43.8 Å². The fourth-order valence-electron chi connectivity index (χ4n) is 3.48. The quantitative estimate of drug-likeness (QED) is 0.914. The van der Waals surface area contributed by atoms with E-state index >= 15 is 0 Å². The van der Waals surface area contributed by atoms with E-state index in [2.05, 4.69) is 34.5 Å². The van der Waals surface area contributed by atoms with Gasteiger partial charge in [-0.2, -0.15) is 0 Å². The van der Waals surface area contributed by atoms with Crippen molar-refractivity contribution in [1.29, 1.82) is 0 Å². The fourth-order valence-corrected chi connectivity index (χ4v) is 4.75. The fraction of sp³-hybridized carbons (Fsp3) is 0.316. The van der Waals surface area contributed by atoms with Crippen LogP contribution in [0.25, 0.3) is 11.1 Å². The van der Waals surface area contributed by atoms with Crippen LogP contribution in [0.1, 0.15) is 11.1 Å².